The Hall–Kier alpha value is -2.89. The van der Waals surface area contributed by atoms with Crippen LogP contribution in [0, 0.1) is 11.8 Å². The van der Waals surface area contributed by atoms with Gasteiger partial charge in [0.05, 0.1) is 18.6 Å². The van der Waals surface area contributed by atoms with E-state index in [1.54, 1.807) is 19.2 Å². The summed E-state index contributed by atoms with van der Waals surface area (Å²) >= 11 is 0. The van der Waals surface area contributed by atoms with Gasteiger partial charge in [-0.25, -0.2) is 4.98 Å². The van der Waals surface area contributed by atoms with E-state index >= 15 is 0 Å². The molecule has 0 bridgehead atoms. The van der Waals surface area contributed by atoms with E-state index in [-0.39, 0.29) is 23.8 Å². The highest BCUT2D eigenvalue weighted by atomic mass is 16.5. The van der Waals surface area contributed by atoms with Crippen LogP contribution < -0.4 is 10.1 Å². The Balaban J connectivity index is 1.30. The van der Waals surface area contributed by atoms with Gasteiger partial charge in [0.1, 0.15) is 0 Å². The Labute approximate surface area is 184 Å². The van der Waals surface area contributed by atoms with Crippen LogP contribution in [0.5, 0.6) is 5.88 Å². The molecule has 1 saturated heterocycles. The third-order valence-electron chi connectivity index (χ3n) is 6.65. The molecule has 1 N–H and O–H groups in total. The molecule has 1 saturated carbocycles. The highest BCUT2D eigenvalue weighted by Crippen LogP contribution is 2.30. The Morgan fingerprint density at radius 2 is 1.84 bits per heavy atom. The predicted octanol–water partition coefficient (Wildman–Crippen LogP) is 3.47. The zero-order chi connectivity index (χ0) is 21.6. The SMILES string of the molecule is COc1ccc(C(=O)N[C@@H]2CCC[C@@H]2C(=O)N2CCC(Cc3ccccc3)CC2)cn1. The van der Waals surface area contributed by atoms with Crippen LogP contribution in [0.25, 0.3) is 0 Å². The number of hydrogen-bond acceptors (Lipinski definition) is 4. The lowest BCUT2D eigenvalue weighted by molar-refractivity contribution is -0.137. The number of aromatic nitrogens is 1. The number of likely N-dealkylation sites (tertiary alicyclic amines) is 1. The van der Waals surface area contributed by atoms with Crippen molar-refractivity contribution >= 4 is 11.8 Å². The molecule has 2 aliphatic rings. The van der Waals surface area contributed by atoms with Crippen LogP contribution in [0.15, 0.2) is 48.7 Å². The summed E-state index contributed by atoms with van der Waals surface area (Å²) in [7, 11) is 1.54. The van der Waals surface area contributed by atoms with Gasteiger partial charge in [0.25, 0.3) is 5.91 Å². The molecule has 6 nitrogen and oxygen atoms in total. The summed E-state index contributed by atoms with van der Waals surface area (Å²) in [4.78, 5) is 32.0. The number of piperidine rings is 1. The van der Waals surface area contributed by atoms with Crippen LogP contribution in [0.3, 0.4) is 0 Å². The number of pyridine rings is 1. The zero-order valence-electron chi connectivity index (χ0n) is 18.1. The van der Waals surface area contributed by atoms with E-state index in [4.69, 9.17) is 4.74 Å². The fourth-order valence-corrected chi connectivity index (χ4v) is 4.85. The molecule has 2 fully saturated rings. The van der Waals surface area contributed by atoms with E-state index < -0.39 is 0 Å². The molecule has 0 unspecified atom stereocenters. The topological polar surface area (TPSA) is 71.5 Å². The minimum absolute atomic E-state index is 0.107. The largest absolute Gasteiger partial charge is 0.481 e. The summed E-state index contributed by atoms with van der Waals surface area (Å²) in [5, 5.41) is 3.08. The minimum Gasteiger partial charge on any atom is -0.481 e. The molecule has 1 aromatic carbocycles. The maximum Gasteiger partial charge on any atom is 0.253 e. The molecule has 6 heteroatoms. The molecular weight excluding hydrogens is 390 g/mol. The van der Waals surface area contributed by atoms with Crippen LogP contribution in [0.1, 0.15) is 48.0 Å². The van der Waals surface area contributed by atoms with Gasteiger partial charge in [0.15, 0.2) is 0 Å². The first-order valence-electron chi connectivity index (χ1n) is 11.3. The van der Waals surface area contributed by atoms with Crippen molar-refractivity contribution in [1.29, 1.82) is 0 Å². The summed E-state index contributed by atoms with van der Waals surface area (Å²) < 4.78 is 5.05. The predicted molar refractivity (Wildman–Crippen MR) is 119 cm³/mol. The Morgan fingerprint density at radius 3 is 2.52 bits per heavy atom. The van der Waals surface area contributed by atoms with E-state index in [2.05, 4.69) is 34.6 Å². The highest BCUT2D eigenvalue weighted by molar-refractivity contribution is 5.94. The van der Waals surface area contributed by atoms with E-state index in [0.29, 0.717) is 17.4 Å². The first kappa shape index (κ1) is 21.3. The summed E-state index contributed by atoms with van der Waals surface area (Å²) in [6.07, 6.45) is 7.33. The fraction of sp³-hybridized carbons (Fsp3) is 0.480. The monoisotopic (exact) mass is 421 g/mol. The van der Waals surface area contributed by atoms with Gasteiger partial charge in [0.2, 0.25) is 11.8 Å². The van der Waals surface area contributed by atoms with Gasteiger partial charge in [-0.3, -0.25) is 9.59 Å². The summed E-state index contributed by atoms with van der Waals surface area (Å²) in [5.41, 5.74) is 1.86. The molecule has 2 aromatic rings. The van der Waals surface area contributed by atoms with Crippen LogP contribution in [0.4, 0.5) is 0 Å². The maximum absolute atomic E-state index is 13.2. The average molecular weight is 422 g/mol. The van der Waals surface area contributed by atoms with Gasteiger partial charge >= 0.3 is 0 Å². The number of amides is 2. The number of nitrogens with zero attached hydrogens (tertiary/aromatic N) is 2. The maximum atomic E-state index is 13.2. The van der Waals surface area contributed by atoms with Gasteiger partial charge in [0, 0.05) is 31.4 Å². The number of hydrogen-bond donors (Lipinski definition) is 1. The summed E-state index contributed by atoms with van der Waals surface area (Å²) in [6, 6.07) is 13.9. The first-order chi connectivity index (χ1) is 15.1. The average Bonchev–Trinajstić information content (AvgIpc) is 3.28. The van der Waals surface area contributed by atoms with E-state index in [1.807, 2.05) is 11.0 Å². The van der Waals surface area contributed by atoms with Crippen molar-refractivity contribution in [3.63, 3.8) is 0 Å². The number of carbonyl (C=O) groups excluding carboxylic acids is 2. The second kappa shape index (κ2) is 9.94. The molecule has 0 radical (unpaired) electrons. The molecule has 2 amide bonds. The Kier molecular flexibility index (Phi) is 6.85. The van der Waals surface area contributed by atoms with Gasteiger partial charge in [-0.05, 0) is 49.7 Å². The standard InChI is InChI=1S/C25H31N3O3/c1-31-23-11-10-20(17-26-23)24(29)27-22-9-5-8-21(22)25(30)28-14-12-19(13-15-28)16-18-6-3-2-4-7-18/h2-4,6-7,10-11,17,19,21-22H,5,8-9,12-16H2,1H3,(H,27,29)/t21-,22+/m0/s1. The lowest BCUT2D eigenvalue weighted by atomic mass is 9.89. The van der Waals surface area contributed by atoms with Crippen LogP contribution in [-0.2, 0) is 11.2 Å². The van der Waals surface area contributed by atoms with Crippen molar-refractivity contribution in [3.8, 4) is 5.88 Å². The van der Waals surface area contributed by atoms with Crippen molar-refractivity contribution < 1.29 is 14.3 Å². The first-order valence-corrected chi connectivity index (χ1v) is 11.3. The van der Waals surface area contributed by atoms with Gasteiger partial charge in [-0.2, -0.15) is 0 Å². The molecule has 2 heterocycles. The molecule has 164 valence electrons. The Bertz CT molecular complexity index is 877. The molecule has 2 atom stereocenters. The smallest absolute Gasteiger partial charge is 0.253 e. The van der Waals surface area contributed by atoms with E-state index in [1.165, 1.54) is 11.8 Å². The third-order valence-corrected chi connectivity index (χ3v) is 6.65. The van der Waals surface area contributed by atoms with Gasteiger partial charge < -0.3 is 15.0 Å². The molecule has 1 aliphatic heterocycles. The highest BCUT2D eigenvalue weighted by Gasteiger charge is 2.37. The van der Waals surface area contributed by atoms with Crippen molar-refractivity contribution in [2.45, 2.75) is 44.6 Å². The van der Waals surface area contributed by atoms with Crippen molar-refractivity contribution in [1.82, 2.24) is 15.2 Å². The number of ether oxygens (including phenoxy) is 1. The number of nitrogens with one attached hydrogen (secondary N) is 1. The summed E-state index contributed by atoms with van der Waals surface area (Å²) in [5.74, 6) is 1.00. The molecular formula is C25H31N3O3. The fourth-order valence-electron chi connectivity index (χ4n) is 4.85. The van der Waals surface area contributed by atoms with Gasteiger partial charge in [-0.15, -0.1) is 0 Å². The molecule has 1 aliphatic carbocycles. The third kappa shape index (κ3) is 5.24. The van der Waals surface area contributed by atoms with Crippen LogP contribution >= 0.6 is 0 Å². The minimum atomic E-state index is -0.179. The summed E-state index contributed by atoms with van der Waals surface area (Å²) in [6.45, 7) is 1.63. The second-order valence-electron chi connectivity index (χ2n) is 8.66. The number of benzene rings is 1. The normalized spacial score (nSPS) is 21.6. The number of rotatable bonds is 6. The number of carbonyl (C=O) groups is 2. The van der Waals surface area contributed by atoms with Crippen molar-refractivity contribution in [2.75, 3.05) is 20.2 Å². The molecule has 1 aromatic heterocycles. The Morgan fingerprint density at radius 1 is 1.06 bits per heavy atom. The van der Waals surface area contributed by atoms with E-state index in [9.17, 15) is 9.59 Å². The second-order valence-corrected chi connectivity index (χ2v) is 8.66. The van der Waals surface area contributed by atoms with Crippen LogP contribution in [0.2, 0.25) is 0 Å². The van der Waals surface area contributed by atoms with E-state index in [0.717, 1.165) is 51.6 Å². The number of methoxy groups -OCH3 is 1. The van der Waals surface area contributed by atoms with Crippen molar-refractivity contribution in [2.24, 2.45) is 11.8 Å². The molecule has 0 spiro atoms. The van der Waals surface area contributed by atoms with Crippen molar-refractivity contribution in [3.05, 3.63) is 59.8 Å². The van der Waals surface area contributed by atoms with Crippen LogP contribution in [-0.4, -0.2) is 47.9 Å². The molecule has 4 rings (SSSR count). The zero-order valence-corrected chi connectivity index (χ0v) is 18.1. The molecule has 31 heavy (non-hydrogen) atoms. The quantitative estimate of drug-likeness (QED) is 0.775. The lowest BCUT2D eigenvalue weighted by Gasteiger charge is -2.35. The van der Waals surface area contributed by atoms with Gasteiger partial charge in [-0.1, -0.05) is 36.8 Å². The lowest BCUT2D eigenvalue weighted by Crippen LogP contribution is -2.48.